The molecule has 1 atom stereocenters. The number of carbonyl (C=O) groups excluding carboxylic acids is 1. The fraction of sp³-hybridized carbons (Fsp3) is 0.294. The van der Waals surface area contributed by atoms with E-state index in [9.17, 15) is 4.79 Å². The smallest absolute Gasteiger partial charge is 0.233 e. The molecule has 6 heteroatoms. The predicted octanol–water partition coefficient (Wildman–Crippen LogP) is 4.08. The Hall–Kier alpha value is -1.79. The van der Waals surface area contributed by atoms with Crippen molar-refractivity contribution in [3.8, 4) is 0 Å². The van der Waals surface area contributed by atoms with Crippen molar-refractivity contribution in [1.29, 1.82) is 0 Å². The van der Waals surface area contributed by atoms with Crippen LogP contribution < -0.4 is 0 Å². The average Bonchev–Trinajstić information content (AvgIpc) is 3.31. The molecule has 0 aliphatic carbocycles. The van der Waals surface area contributed by atoms with Gasteiger partial charge in [0.15, 0.2) is 5.16 Å². The number of nitrogens with one attached hydrogen (secondary N) is 1. The van der Waals surface area contributed by atoms with Crippen molar-refractivity contribution in [1.82, 2.24) is 14.9 Å². The minimum Gasteiger partial charge on any atom is -0.334 e. The number of likely N-dealkylation sites (tertiary alicyclic amines) is 1. The van der Waals surface area contributed by atoms with Crippen molar-refractivity contribution in [2.75, 3.05) is 12.3 Å². The molecule has 118 valence electrons. The van der Waals surface area contributed by atoms with Gasteiger partial charge in [0.05, 0.1) is 22.8 Å². The van der Waals surface area contributed by atoms with E-state index in [0.29, 0.717) is 5.75 Å². The van der Waals surface area contributed by atoms with Crippen molar-refractivity contribution in [3.63, 3.8) is 0 Å². The topological polar surface area (TPSA) is 49.0 Å². The standard InChI is InChI=1S/C17H17N3OS2/c21-16(20-9-3-7-14(20)15-8-4-10-22-15)11-23-17-18-12-5-1-2-6-13(12)19-17/h1-2,4-6,8,10,14H,3,7,9,11H2,(H,18,19)/t14-/m0/s1. The van der Waals surface area contributed by atoms with E-state index in [1.807, 2.05) is 29.2 Å². The Bertz CT molecular complexity index is 779. The van der Waals surface area contributed by atoms with Crippen LogP contribution in [0.3, 0.4) is 0 Å². The number of aromatic nitrogens is 2. The summed E-state index contributed by atoms with van der Waals surface area (Å²) < 4.78 is 0. The number of para-hydroxylation sites is 2. The Balaban J connectivity index is 1.43. The molecule has 0 bridgehead atoms. The quantitative estimate of drug-likeness (QED) is 0.726. The zero-order valence-corrected chi connectivity index (χ0v) is 14.2. The van der Waals surface area contributed by atoms with Crippen LogP contribution in [0.2, 0.25) is 0 Å². The molecule has 1 saturated heterocycles. The number of nitrogens with zero attached hydrogens (tertiary/aromatic N) is 2. The number of rotatable bonds is 4. The highest BCUT2D eigenvalue weighted by molar-refractivity contribution is 7.99. The van der Waals surface area contributed by atoms with E-state index in [1.165, 1.54) is 16.6 Å². The Labute approximate surface area is 142 Å². The van der Waals surface area contributed by atoms with Crippen molar-refractivity contribution in [2.24, 2.45) is 0 Å². The third kappa shape index (κ3) is 3.01. The highest BCUT2D eigenvalue weighted by Gasteiger charge is 2.30. The zero-order chi connectivity index (χ0) is 15.6. The number of aromatic amines is 1. The van der Waals surface area contributed by atoms with E-state index in [4.69, 9.17) is 0 Å². The van der Waals surface area contributed by atoms with Gasteiger partial charge in [-0.25, -0.2) is 4.98 Å². The molecule has 1 aliphatic rings. The lowest BCUT2D eigenvalue weighted by molar-refractivity contribution is -0.129. The van der Waals surface area contributed by atoms with Gasteiger partial charge < -0.3 is 9.88 Å². The number of thiophene rings is 1. The second-order valence-corrected chi connectivity index (χ2v) is 7.55. The van der Waals surface area contributed by atoms with Gasteiger partial charge in [0.2, 0.25) is 5.91 Å². The fourth-order valence-corrected chi connectivity index (χ4v) is 4.70. The maximum absolute atomic E-state index is 12.6. The monoisotopic (exact) mass is 343 g/mol. The number of carbonyl (C=O) groups is 1. The SMILES string of the molecule is O=C(CSc1nc2ccccc2[nH]1)N1CCC[C@H]1c1cccs1. The van der Waals surface area contributed by atoms with Crippen LogP contribution in [0.4, 0.5) is 0 Å². The molecule has 1 fully saturated rings. The lowest BCUT2D eigenvalue weighted by Gasteiger charge is -2.23. The largest absolute Gasteiger partial charge is 0.334 e. The summed E-state index contributed by atoms with van der Waals surface area (Å²) in [6.07, 6.45) is 2.16. The van der Waals surface area contributed by atoms with Crippen LogP contribution in [-0.2, 0) is 4.79 Å². The van der Waals surface area contributed by atoms with Crippen molar-refractivity contribution >= 4 is 40.0 Å². The van der Waals surface area contributed by atoms with E-state index in [-0.39, 0.29) is 11.9 Å². The van der Waals surface area contributed by atoms with E-state index < -0.39 is 0 Å². The van der Waals surface area contributed by atoms with Gasteiger partial charge in [0, 0.05) is 11.4 Å². The normalized spacial score (nSPS) is 17.9. The third-order valence-electron chi connectivity index (χ3n) is 4.14. The molecular formula is C17H17N3OS2. The summed E-state index contributed by atoms with van der Waals surface area (Å²) in [5, 5.41) is 2.89. The number of fused-ring (bicyclic) bond motifs is 1. The molecule has 4 nitrogen and oxygen atoms in total. The van der Waals surface area contributed by atoms with Gasteiger partial charge in [0.25, 0.3) is 0 Å². The first kappa shape index (κ1) is 14.8. The van der Waals surface area contributed by atoms with Gasteiger partial charge >= 0.3 is 0 Å². The average molecular weight is 343 g/mol. The Kier molecular flexibility index (Phi) is 4.10. The maximum atomic E-state index is 12.6. The van der Waals surface area contributed by atoms with E-state index in [2.05, 4.69) is 27.5 Å². The number of imidazole rings is 1. The Morgan fingerprint density at radius 2 is 2.26 bits per heavy atom. The Morgan fingerprint density at radius 3 is 3.09 bits per heavy atom. The highest BCUT2D eigenvalue weighted by atomic mass is 32.2. The molecule has 1 N–H and O–H groups in total. The number of amides is 1. The Morgan fingerprint density at radius 1 is 1.35 bits per heavy atom. The van der Waals surface area contributed by atoms with Crippen LogP contribution in [-0.4, -0.2) is 33.1 Å². The first-order valence-corrected chi connectivity index (χ1v) is 9.58. The minimum atomic E-state index is 0.200. The molecule has 4 rings (SSSR count). The second-order valence-electron chi connectivity index (χ2n) is 5.61. The molecule has 1 aliphatic heterocycles. The summed E-state index contributed by atoms with van der Waals surface area (Å²) >= 11 is 3.23. The molecule has 1 amide bonds. The van der Waals surface area contributed by atoms with Crippen LogP contribution in [0, 0.1) is 0 Å². The molecule has 0 unspecified atom stereocenters. The van der Waals surface area contributed by atoms with Gasteiger partial charge in [0.1, 0.15) is 0 Å². The first-order chi connectivity index (χ1) is 11.3. The van der Waals surface area contributed by atoms with Gasteiger partial charge in [-0.15, -0.1) is 11.3 Å². The molecule has 0 radical (unpaired) electrons. The lowest BCUT2D eigenvalue weighted by Crippen LogP contribution is -2.31. The van der Waals surface area contributed by atoms with E-state index in [0.717, 1.165) is 35.6 Å². The molecule has 3 aromatic rings. The highest BCUT2D eigenvalue weighted by Crippen LogP contribution is 2.35. The van der Waals surface area contributed by atoms with Crippen LogP contribution in [0.1, 0.15) is 23.8 Å². The van der Waals surface area contributed by atoms with Gasteiger partial charge in [-0.05, 0) is 36.4 Å². The zero-order valence-electron chi connectivity index (χ0n) is 12.6. The molecule has 2 aromatic heterocycles. The first-order valence-electron chi connectivity index (χ1n) is 7.72. The number of hydrogen-bond donors (Lipinski definition) is 1. The predicted molar refractivity (Wildman–Crippen MR) is 94.8 cm³/mol. The van der Waals surface area contributed by atoms with E-state index >= 15 is 0 Å². The van der Waals surface area contributed by atoms with Crippen molar-refractivity contribution < 1.29 is 4.79 Å². The summed E-state index contributed by atoms with van der Waals surface area (Å²) in [6, 6.07) is 12.4. The minimum absolute atomic E-state index is 0.200. The summed E-state index contributed by atoms with van der Waals surface area (Å²) in [6.45, 7) is 0.863. The van der Waals surface area contributed by atoms with Crippen LogP contribution >= 0.6 is 23.1 Å². The summed E-state index contributed by atoms with van der Waals surface area (Å²) in [5.74, 6) is 0.633. The van der Waals surface area contributed by atoms with Gasteiger partial charge in [-0.2, -0.15) is 0 Å². The number of H-pyrrole nitrogens is 1. The molecule has 0 spiro atoms. The van der Waals surface area contributed by atoms with E-state index in [1.54, 1.807) is 11.3 Å². The summed E-state index contributed by atoms with van der Waals surface area (Å²) in [7, 11) is 0. The summed E-state index contributed by atoms with van der Waals surface area (Å²) in [4.78, 5) is 23.7. The second kappa shape index (κ2) is 6.37. The molecule has 23 heavy (non-hydrogen) atoms. The number of thioether (sulfide) groups is 1. The molecule has 0 saturated carbocycles. The fourth-order valence-electron chi connectivity index (χ4n) is 3.05. The van der Waals surface area contributed by atoms with Crippen LogP contribution in [0.15, 0.2) is 46.9 Å². The van der Waals surface area contributed by atoms with Crippen molar-refractivity contribution in [3.05, 3.63) is 46.7 Å². The maximum Gasteiger partial charge on any atom is 0.233 e. The number of benzene rings is 1. The van der Waals surface area contributed by atoms with Gasteiger partial charge in [-0.3, -0.25) is 4.79 Å². The van der Waals surface area contributed by atoms with Crippen LogP contribution in [0.25, 0.3) is 11.0 Å². The van der Waals surface area contributed by atoms with Crippen molar-refractivity contribution in [2.45, 2.75) is 24.0 Å². The lowest BCUT2D eigenvalue weighted by atomic mass is 10.2. The molecule has 3 heterocycles. The van der Waals surface area contributed by atoms with Gasteiger partial charge in [-0.1, -0.05) is 30.0 Å². The van der Waals surface area contributed by atoms with Crippen LogP contribution in [0.5, 0.6) is 0 Å². The summed E-state index contributed by atoms with van der Waals surface area (Å²) in [5.41, 5.74) is 1.96. The molecular weight excluding hydrogens is 326 g/mol. The number of hydrogen-bond acceptors (Lipinski definition) is 4. The molecule has 1 aromatic carbocycles. The third-order valence-corrected chi connectivity index (χ3v) is 5.98.